The summed E-state index contributed by atoms with van der Waals surface area (Å²) in [5.74, 6) is -0.199. The molecule has 0 saturated carbocycles. The first-order valence-electron chi connectivity index (χ1n) is 8.07. The summed E-state index contributed by atoms with van der Waals surface area (Å²) in [6, 6.07) is 15.2. The Labute approximate surface area is 136 Å². The van der Waals surface area contributed by atoms with Crippen LogP contribution in [-0.4, -0.2) is 13.2 Å². The zero-order chi connectivity index (χ0) is 16.1. The highest BCUT2D eigenvalue weighted by atomic mass is 19.1. The summed E-state index contributed by atoms with van der Waals surface area (Å²) in [6.07, 6.45) is 0.729. The first kappa shape index (κ1) is 16.1. The number of halogens is 1. The van der Waals surface area contributed by atoms with Crippen LogP contribution >= 0.6 is 0 Å². The molecule has 1 fully saturated rings. The predicted octanol–water partition coefficient (Wildman–Crippen LogP) is 4.11. The Balaban J connectivity index is 1.59. The minimum absolute atomic E-state index is 0.199. The number of hydrogen-bond acceptors (Lipinski definition) is 3. The second-order valence-corrected chi connectivity index (χ2v) is 5.71. The van der Waals surface area contributed by atoms with E-state index in [1.807, 2.05) is 24.3 Å². The lowest BCUT2D eigenvalue weighted by molar-refractivity contribution is -0.0441. The molecule has 122 valence electrons. The lowest BCUT2D eigenvalue weighted by Gasteiger charge is -2.18. The molecule has 1 atom stereocenters. The summed E-state index contributed by atoms with van der Waals surface area (Å²) in [5, 5.41) is 3.53. The van der Waals surface area contributed by atoms with Gasteiger partial charge >= 0.3 is 0 Å². The third kappa shape index (κ3) is 4.16. The van der Waals surface area contributed by atoms with Gasteiger partial charge in [-0.25, -0.2) is 4.39 Å². The normalized spacial score (nSPS) is 16.6. The molecule has 2 aromatic carbocycles. The molecule has 2 aromatic rings. The van der Waals surface area contributed by atoms with Gasteiger partial charge in [0.15, 0.2) is 6.29 Å². The minimum atomic E-state index is -0.223. The minimum Gasteiger partial charge on any atom is -0.346 e. The molecular formula is C19H22FNO2. The van der Waals surface area contributed by atoms with Gasteiger partial charge in [-0.1, -0.05) is 43.3 Å². The second kappa shape index (κ2) is 7.68. The number of nitrogens with one attached hydrogen (secondary N) is 1. The van der Waals surface area contributed by atoms with Crippen LogP contribution in [0, 0.1) is 5.82 Å². The van der Waals surface area contributed by atoms with Gasteiger partial charge in [0, 0.05) is 18.2 Å². The lowest BCUT2D eigenvalue weighted by atomic mass is 10.0. The molecule has 0 radical (unpaired) electrons. The van der Waals surface area contributed by atoms with E-state index in [0.717, 1.165) is 24.1 Å². The van der Waals surface area contributed by atoms with Crippen LogP contribution in [0.1, 0.15) is 42.4 Å². The maximum atomic E-state index is 13.0. The fourth-order valence-electron chi connectivity index (χ4n) is 2.78. The van der Waals surface area contributed by atoms with Crippen molar-refractivity contribution in [3.05, 3.63) is 71.0 Å². The molecule has 3 rings (SSSR count). The second-order valence-electron chi connectivity index (χ2n) is 5.71. The van der Waals surface area contributed by atoms with Crippen LogP contribution in [0.25, 0.3) is 0 Å². The maximum absolute atomic E-state index is 13.0. The molecular weight excluding hydrogens is 293 g/mol. The molecule has 0 amide bonds. The topological polar surface area (TPSA) is 30.5 Å². The van der Waals surface area contributed by atoms with Crippen LogP contribution in [0.4, 0.5) is 4.39 Å². The predicted molar refractivity (Wildman–Crippen MR) is 87.4 cm³/mol. The van der Waals surface area contributed by atoms with E-state index in [4.69, 9.17) is 9.47 Å². The third-order valence-electron chi connectivity index (χ3n) is 4.11. The van der Waals surface area contributed by atoms with E-state index >= 15 is 0 Å². The summed E-state index contributed by atoms with van der Waals surface area (Å²) in [4.78, 5) is 0. The average molecular weight is 315 g/mol. The van der Waals surface area contributed by atoms with E-state index in [9.17, 15) is 4.39 Å². The molecule has 1 saturated heterocycles. The van der Waals surface area contributed by atoms with Gasteiger partial charge in [0.05, 0.1) is 13.2 Å². The van der Waals surface area contributed by atoms with Crippen LogP contribution in [-0.2, 0) is 16.0 Å². The van der Waals surface area contributed by atoms with Crippen molar-refractivity contribution < 1.29 is 13.9 Å². The zero-order valence-corrected chi connectivity index (χ0v) is 13.3. The first-order valence-corrected chi connectivity index (χ1v) is 8.07. The van der Waals surface area contributed by atoms with Crippen LogP contribution in [0.5, 0.6) is 0 Å². The quantitative estimate of drug-likeness (QED) is 0.870. The molecule has 1 aliphatic heterocycles. The van der Waals surface area contributed by atoms with Crippen molar-refractivity contribution in [2.24, 2.45) is 0 Å². The van der Waals surface area contributed by atoms with Gasteiger partial charge in [-0.2, -0.15) is 0 Å². The number of benzene rings is 2. The molecule has 1 aliphatic rings. The van der Waals surface area contributed by atoms with Crippen molar-refractivity contribution in [3.8, 4) is 0 Å². The Hall–Kier alpha value is -1.75. The van der Waals surface area contributed by atoms with E-state index in [1.54, 1.807) is 0 Å². The third-order valence-corrected chi connectivity index (χ3v) is 4.11. The zero-order valence-electron chi connectivity index (χ0n) is 13.3. The monoisotopic (exact) mass is 315 g/mol. The Morgan fingerprint density at radius 1 is 1.04 bits per heavy atom. The summed E-state index contributed by atoms with van der Waals surface area (Å²) < 4.78 is 24.0. The van der Waals surface area contributed by atoms with Gasteiger partial charge in [-0.15, -0.1) is 0 Å². The van der Waals surface area contributed by atoms with Crippen molar-refractivity contribution in [1.29, 1.82) is 0 Å². The SMILES string of the molecule is CC[C@H](NCc1ccc(C2OCCO2)cc1)c1ccc(F)cc1. The summed E-state index contributed by atoms with van der Waals surface area (Å²) in [6.45, 7) is 4.20. The molecule has 0 unspecified atom stereocenters. The summed E-state index contributed by atoms with van der Waals surface area (Å²) >= 11 is 0. The van der Waals surface area contributed by atoms with E-state index in [0.29, 0.717) is 13.2 Å². The van der Waals surface area contributed by atoms with Gasteiger partial charge in [0.25, 0.3) is 0 Å². The highest BCUT2D eigenvalue weighted by Gasteiger charge is 2.17. The van der Waals surface area contributed by atoms with Gasteiger partial charge in [-0.3, -0.25) is 0 Å². The summed E-state index contributed by atoms with van der Waals surface area (Å²) in [5.41, 5.74) is 3.36. The maximum Gasteiger partial charge on any atom is 0.184 e. The van der Waals surface area contributed by atoms with Crippen molar-refractivity contribution in [3.63, 3.8) is 0 Å². The fraction of sp³-hybridized carbons (Fsp3) is 0.368. The van der Waals surface area contributed by atoms with E-state index in [-0.39, 0.29) is 18.1 Å². The number of ether oxygens (including phenoxy) is 2. The number of rotatable bonds is 6. The van der Waals surface area contributed by atoms with E-state index in [2.05, 4.69) is 24.4 Å². The lowest BCUT2D eigenvalue weighted by Crippen LogP contribution is -2.20. The van der Waals surface area contributed by atoms with E-state index in [1.165, 1.54) is 17.7 Å². The van der Waals surface area contributed by atoms with Crippen molar-refractivity contribution >= 4 is 0 Å². The van der Waals surface area contributed by atoms with Gasteiger partial charge in [0.2, 0.25) is 0 Å². The molecule has 1 N–H and O–H groups in total. The molecule has 0 aromatic heterocycles. The van der Waals surface area contributed by atoms with Crippen LogP contribution in [0.15, 0.2) is 48.5 Å². The Kier molecular flexibility index (Phi) is 5.39. The summed E-state index contributed by atoms with van der Waals surface area (Å²) in [7, 11) is 0. The molecule has 0 spiro atoms. The highest BCUT2D eigenvalue weighted by Crippen LogP contribution is 2.23. The Morgan fingerprint density at radius 2 is 1.70 bits per heavy atom. The highest BCUT2D eigenvalue weighted by molar-refractivity contribution is 5.24. The molecule has 0 aliphatic carbocycles. The largest absolute Gasteiger partial charge is 0.346 e. The van der Waals surface area contributed by atoms with Crippen LogP contribution in [0.2, 0.25) is 0 Å². The molecule has 0 bridgehead atoms. The average Bonchev–Trinajstić information content (AvgIpc) is 3.12. The first-order chi connectivity index (χ1) is 11.3. The molecule has 1 heterocycles. The fourth-order valence-corrected chi connectivity index (χ4v) is 2.78. The van der Waals surface area contributed by atoms with Crippen LogP contribution in [0.3, 0.4) is 0 Å². The standard InChI is InChI=1S/C19H22FNO2/c1-2-18(15-7-9-17(20)10-8-15)21-13-14-3-5-16(6-4-14)19-22-11-12-23-19/h3-10,18-19,21H,2,11-13H2,1H3/t18-/m0/s1. The molecule has 3 nitrogen and oxygen atoms in total. The smallest absolute Gasteiger partial charge is 0.184 e. The molecule has 23 heavy (non-hydrogen) atoms. The van der Waals surface area contributed by atoms with Gasteiger partial charge < -0.3 is 14.8 Å². The molecule has 4 heteroatoms. The van der Waals surface area contributed by atoms with E-state index < -0.39 is 0 Å². The number of hydrogen-bond donors (Lipinski definition) is 1. The Morgan fingerprint density at radius 3 is 2.30 bits per heavy atom. The van der Waals surface area contributed by atoms with Gasteiger partial charge in [0.1, 0.15) is 5.82 Å². The van der Waals surface area contributed by atoms with Crippen molar-refractivity contribution in [2.75, 3.05) is 13.2 Å². The van der Waals surface area contributed by atoms with Gasteiger partial charge in [-0.05, 0) is 29.7 Å². The Bertz CT molecular complexity index is 606. The van der Waals surface area contributed by atoms with Crippen molar-refractivity contribution in [1.82, 2.24) is 5.32 Å². The van der Waals surface area contributed by atoms with Crippen LogP contribution < -0.4 is 5.32 Å². The van der Waals surface area contributed by atoms with Crippen molar-refractivity contribution in [2.45, 2.75) is 32.2 Å².